The molecule has 0 atom stereocenters. The van der Waals surface area contributed by atoms with Crippen LogP contribution in [0.2, 0.25) is 0 Å². The molecular weight excluding hydrogens is 1310 g/mol. The van der Waals surface area contributed by atoms with E-state index < -0.39 is 0 Å². The summed E-state index contributed by atoms with van der Waals surface area (Å²) >= 11 is 14.5. The number of hydrogen-bond acceptors (Lipinski definition) is 12. The van der Waals surface area contributed by atoms with Gasteiger partial charge in [0.1, 0.15) is 23.0 Å². The Morgan fingerprint density at radius 3 is 0.894 bits per heavy atom. The van der Waals surface area contributed by atoms with Crippen LogP contribution in [0.4, 0.5) is 0 Å². The minimum Gasteiger partial charge on any atom is -0.457 e. The lowest BCUT2D eigenvalue weighted by Gasteiger charge is -2.23. The molecule has 0 aromatic heterocycles. The zero-order chi connectivity index (χ0) is 62.4. The zero-order valence-corrected chi connectivity index (χ0v) is 56.3. The monoisotopic (exact) mass is 1350 g/mol. The number of ether oxygens (including phenoxy) is 2. The lowest BCUT2D eigenvalue weighted by atomic mass is 9.89. The first-order chi connectivity index (χ1) is 46.4. The summed E-state index contributed by atoms with van der Waals surface area (Å²) in [6.45, 7) is -0.277. The third kappa shape index (κ3) is 10.5. The Morgan fingerprint density at radius 1 is 0.245 bits per heavy atom. The van der Waals surface area contributed by atoms with Crippen molar-refractivity contribution in [3.63, 3.8) is 0 Å². The van der Waals surface area contributed by atoms with E-state index in [4.69, 9.17) is 9.47 Å². The highest BCUT2D eigenvalue weighted by molar-refractivity contribution is 8.06. The minimum atomic E-state index is -0.139. The Morgan fingerprint density at radius 2 is 0.553 bits per heavy atom. The van der Waals surface area contributed by atoms with E-state index in [1.54, 1.807) is 47.0 Å². The van der Waals surface area contributed by atoms with Crippen LogP contribution in [0.5, 0.6) is 23.0 Å². The molecule has 450 valence electrons. The summed E-state index contributed by atoms with van der Waals surface area (Å²) in [5, 5.41) is 26.3. The standard InChI is InChI=1S/C82H50O4S8/c83-45-51-29-35-53(43-61(51)59-15-11-27-75-81(59)93-71-23-7-3-19-67(71)89-75)85-63-39-33-47-41-49(57-13-9-25-73-79(57)91-69-21-5-1-17-65(69)87-73)31-37-55(47)77(63)78-56-38-32-50(58-14-10-26-74-80(58)92-70-22-6-2-18-66(70)88-74)42-48(56)34-40-64(78)86-54-36-30-52(46-84)62(44-54)60-16-12-28-76-82(60)94-72-24-8-4-20-68(72)90-76/h1-44,83-84H,45-46H2. The lowest BCUT2D eigenvalue weighted by Crippen LogP contribution is -1.99. The molecule has 0 radical (unpaired) electrons. The molecule has 0 aliphatic carbocycles. The second kappa shape index (κ2) is 24.6. The molecule has 0 unspecified atom stereocenters. The summed E-state index contributed by atoms with van der Waals surface area (Å²) in [5.74, 6) is 2.55. The highest BCUT2D eigenvalue weighted by atomic mass is 32.2. The smallest absolute Gasteiger partial charge is 0.136 e. The third-order valence-corrected chi connectivity index (χ3v) is 27.9. The van der Waals surface area contributed by atoms with Crippen molar-refractivity contribution < 1.29 is 19.7 Å². The largest absolute Gasteiger partial charge is 0.457 e. The van der Waals surface area contributed by atoms with Crippen LogP contribution in [0.25, 0.3) is 77.2 Å². The van der Waals surface area contributed by atoms with Crippen molar-refractivity contribution in [2.75, 3.05) is 0 Å². The maximum atomic E-state index is 11.1. The fourth-order valence-electron chi connectivity index (χ4n) is 13.0. The van der Waals surface area contributed by atoms with E-state index in [2.05, 4.69) is 243 Å². The average molecular weight is 1360 g/mol. The van der Waals surface area contributed by atoms with Crippen LogP contribution in [-0.4, -0.2) is 10.2 Å². The maximum absolute atomic E-state index is 11.1. The SMILES string of the molecule is OCc1ccc(Oc2ccc3cc(-c4cccc5c4Sc4ccccc4S5)ccc3c2-c2c(Oc3ccc(CO)c(-c4cccc5c4Sc4ccccc4S5)c3)ccc3cc(-c4cccc5c4Sc4ccccc4S5)ccc23)cc1-c1cccc2c1Sc1ccccc1S2. The molecule has 4 aliphatic rings. The van der Waals surface area contributed by atoms with E-state index in [1.165, 1.54) is 79.7 Å². The topological polar surface area (TPSA) is 58.9 Å². The predicted octanol–water partition coefficient (Wildman–Crippen LogP) is 25.4. The first-order valence-electron chi connectivity index (χ1n) is 30.7. The second-order valence-corrected chi connectivity index (χ2v) is 31.6. The van der Waals surface area contributed by atoms with Gasteiger partial charge >= 0.3 is 0 Å². The minimum absolute atomic E-state index is 0.139. The van der Waals surface area contributed by atoms with Gasteiger partial charge in [0, 0.05) is 89.5 Å². The van der Waals surface area contributed by atoms with Gasteiger partial charge in [-0.3, -0.25) is 0 Å². The lowest BCUT2D eigenvalue weighted by molar-refractivity contribution is 0.282. The quantitative estimate of drug-likeness (QED) is 0.130. The molecular formula is C82H50O4S8. The Labute approximate surface area is 578 Å². The summed E-state index contributed by atoms with van der Waals surface area (Å²) < 4.78 is 15.0. The Balaban J connectivity index is 0.831. The molecule has 2 N–H and O–H groups in total. The number of aliphatic hydroxyl groups is 2. The fraction of sp³-hybridized carbons (Fsp3) is 0.0244. The van der Waals surface area contributed by atoms with Gasteiger partial charge in [-0.2, -0.15) is 0 Å². The summed E-state index contributed by atoms with van der Waals surface area (Å²) in [6, 6.07) is 95.2. The number of aliphatic hydroxyl groups excluding tert-OH is 2. The van der Waals surface area contributed by atoms with Crippen molar-refractivity contribution in [1.82, 2.24) is 0 Å². The molecule has 0 bridgehead atoms. The van der Waals surface area contributed by atoms with Crippen LogP contribution >= 0.6 is 94.1 Å². The van der Waals surface area contributed by atoms with Crippen molar-refractivity contribution in [3.8, 4) is 78.6 Å². The van der Waals surface area contributed by atoms with Gasteiger partial charge in [-0.05, 0) is 199 Å². The highest BCUT2D eigenvalue weighted by Crippen LogP contribution is 2.58. The molecule has 14 aromatic carbocycles. The molecule has 12 heteroatoms. The Hall–Kier alpha value is -8.08. The normalized spacial score (nSPS) is 13.2. The molecule has 0 fully saturated rings. The van der Waals surface area contributed by atoms with Gasteiger partial charge in [0.05, 0.1) is 13.2 Å². The van der Waals surface area contributed by atoms with Gasteiger partial charge in [-0.15, -0.1) is 0 Å². The fourth-order valence-corrected chi connectivity index (χ4v) is 22.6. The number of hydrogen-bond donors (Lipinski definition) is 2. The Bertz CT molecular complexity index is 5140. The summed E-state index contributed by atoms with van der Waals surface area (Å²) in [5.41, 5.74) is 11.9. The summed E-state index contributed by atoms with van der Waals surface area (Å²) in [7, 11) is 0. The number of benzene rings is 14. The molecule has 14 aromatic rings. The summed E-state index contributed by atoms with van der Waals surface area (Å²) in [4.78, 5) is 19.6. The second-order valence-electron chi connectivity index (χ2n) is 23.0. The first-order valence-corrected chi connectivity index (χ1v) is 37.3. The van der Waals surface area contributed by atoms with Crippen molar-refractivity contribution in [1.29, 1.82) is 0 Å². The molecule has 0 spiro atoms. The summed E-state index contributed by atoms with van der Waals surface area (Å²) in [6.07, 6.45) is 0. The van der Waals surface area contributed by atoms with Gasteiger partial charge in [-0.1, -0.05) is 240 Å². The average Bonchev–Trinajstić information content (AvgIpc) is 0.859. The first kappa shape index (κ1) is 58.5. The molecule has 4 nitrogen and oxygen atoms in total. The molecule has 0 amide bonds. The van der Waals surface area contributed by atoms with E-state index in [1.807, 2.05) is 71.3 Å². The van der Waals surface area contributed by atoms with Crippen molar-refractivity contribution in [2.24, 2.45) is 0 Å². The van der Waals surface area contributed by atoms with Gasteiger partial charge in [0.25, 0.3) is 0 Å². The van der Waals surface area contributed by atoms with Crippen LogP contribution in [0.1, 0.15) is 11.1 Å². The number of rotatable bonds is 11. The van der Waals surface area contributed by atoms with E-state index in [9.17, 15) is 10.2 Å². The van der Waals surface area contributed by atoms with Gasteiger partial charge in [0.2, 0.25) is 0 Å². The van der Waals surface area contributed by atoms with Crippen molar-refractivity contribution >= 4 is 116 Å². The van der Waals surface area contributed by atoms with E-state index in [0.29, 0.717) is 23.0 Å². The van der Waals surface area contributed by atoms with Crippen LogP contribution in [0.15, 0.2) is 345 Å². The molecule has 4 aliphatic heterocycles. The van der Waals surface area contributed by atoms with E-state index in [0.717, 1.165) is 87.0 Å². The maximum Gasteiger partial charge on any atom is 0.136 e. The van der Waals surface area contributed by atoms with Crippen LogP contribution in [-0.2, 0) is 13.2 Å². The van der Waals surface area contributed by atoms with Crippen LogP contribution in [0, 0.1) is 0 Å². The van der Waals surface area contributed by atoms with Crippen molar-refractivity contribution in [2.45, 2.75) is 91.5 Å². The zero-order valence-electron chi connectivity index (χ0n) is 49.8. The molecule has 94 heavy (non-hydrogen) atoms. The number of fused-ring (bicyclic) bond motifs is 10. The van der Waals surface area contributed by atoms with Crippen molar-refractivity contribution in [3.05, 3.63) is 278 Å². The van der Waals surface area contributed by atoms with E-state index in [-0.39, 0.29) is 13.2 Å². The van der Waals surface area contributed by atoms with Gasteiger partial charge in [0.15, 0.2) is 0 Å². The van der Waals surface area contributed by atoms with Crippen LogP contribution in [0.3, 0.4) is 0 Å². The molecule has 0 saturated carbocycles. The Kier molecular flexibility index (Phi) is 15.3. The molecule has 4 heterocycles. The van der Waals surface area contributed by atoms with Gasteiger partial charge < -0.3 is 19.7 Å². The van der Waals surface area contributed by atoms with E-state index >= 15 is 0 Å². The molecule has 18 rings (SSSR count). The van der Waals surface area contributed by atoms with Gasteiger partial charge in [-0.25, -0.2) is 0 Å². The van der Waals surface area contributed by atoms with Crippen LogP contribution < -0.4 is 9.47 Å². The predicted molar refractivity (Wildman–Crippen MR) is 392 cm³/mol. The molecule has 0 saturated heterocycles. The highest BCUT2D eigenvalue weighted by Gasteiger charge is 2.29. The third-order valence-electron chi connectivity index (χ3n) is 17.4.